The number of hydrogen-bond acceptors (Lipinski definition) is 5. The number of carbonyl (C=O) groups is 1. The van der Waals surface area contributed by atoms with Crippen LogP contribution in [0, 0.1) is 0 Å². The van der Waals surface area contributed by atoms with E-state index in [2.05, 4.69) is 15.1 Å². The number of nitrogens with one attached hydrogen (secondary N) is 1. The molecule has 2 fully saturated rings. The number of aromatic amines is 1. The first-order chi connectivity index (χ1) is 9.84. The number of H-pyrrole nitrogens is 1. The minimum Gasteiger partial charge on any atom is -0.378 e. The van der Waals surface area contributed by atoms with Crippen molar-refractivity contribution in [2.75, 3.05) is 52.6 Å². The lowest BCUT2D eigenvalue weighted by Gasteiger charge is -2.36. The fourth-order valence-corrected chi connectivity index (χ4v) is 2.65. The quantitative estimate of drug-likeness (QED) is 0.819. The van der Waals surface area contributed by atoms with E-state index in [1.165, 1.54) is 0 Å². The van der Waals surface area contributed by atoms with Gasteiger partial charge in [-0.2, -0.15) is 5.10 Å². The smallest absolute Gasteiger partial charge is 0.236 e. The van der Waals surface area contributed by atoms with Crippen LogP contribution in [-0.2, 0) is 14.3 Å². The maximum Gasteiger partial charge on any atom is 0.236 e. The highest BCUT2D eigenvalue weighted by Gasteiger charge is 2.29. The van der Waals surface area contributed by atoms with Crippen LogP contribution in [0.2, 0.25) is 0 Å². The zero-order valence-electron chi connectivity index (χ0n) is 11.5. The lowest BCUT2D eigenvalue weighted by molar-refractivity contribution is -0.138. The van der Waals surface area contributed by atoms with Gasteiger partial charge in [-0.1, -0.05) is 0 Å². The topological polar surface area (TPSA) is 70.7 Å². The minimum atomic E-state index is 0.0799. The molecule has 1 aromatic heterocycles. The number of ether oxygens (including phenoxy) is 2. The average Bonchev–Trinajstić information content (AvgIpc) is 3.03. The monoisotopic (exact) mass is 280 g/mol. The lowest BCUT2D eigenvalue weighted by Crippen LogP contribution is -2.49. The Balaban J connectivity index is 1.63. The molecule has 0 spiro atoms. The molecule has 110 valence electrons. The third-order valence-corrected chi connectivity index (χ3v) is 3.82. The Morgan fingerprint density at radius 3 is 2.85 bits per heavy atom. The number of hydrogen-bond donors (Lipinski definition) is 1. The Morgan fingerprint density at radius 1 is 1.30 bits per heavy atom. The maximum absolute atomic E-state index is 12.3. The first-order valence-corrected chi connectivity index (χ1v) is 7.01. The van der Waals surface area contributed by atoms with Crippen LogP contribution in [-0.4, -0.2) is 78.5 Å². The standard InChI is InChI=1S/C13H20N4O3/c18-13(16-3-6-19-7-4-16)9-17-5-8-20-10-12(17)11-1-2-14-15-11/h1-2,12H,3-10H2,(H,14,15)/t12-/m0/s1. The normalized spacial score (nSPS) is 24.8. The molecular weight excluding hydrogens is 260 g/mol. The third kappa shape index (κ3) is 3.00. The minimum absolute atomic E-state index is 0.0799. The van der Waals surface area contributed by atoms with Crippen molar-refractivity contribution in [3.63, 3.8) is 0 Å². The van der Waals surface area contributed by atoms with Crippen LogP contribution in [0.1, 0.15) is 11.7 Å². The number of rotatable bonds is 3. The van der Waals surface area contributed by atoms with Crippen LogP contribution in [0.25, 0.3) is 0 Å². The fourth-order valence-electron chi connectivity index (χ4n) is 2.65. The molecule has 3 heterocycles. The molecule has 1 N–H and O–H groups in total. The van der Waals surface area contributed by atoms with Crippen molar-refractivity contribution >= 4 is 5.91 Å². The maximum atomic E-state index is 12.3. The molecule has 20 heavy (non-hydrogen) atoms. The van der Waals surface area contributed by atoms with Crippen LogP contribution in [0.15, 0.2) is 12.3 Å². The summed E-state index contributed by atoms with van der Waals surface area (Å²) in [5.74, 6) is 0.166. The van der Waals surface area contributed by atoms with Crippen molar-refractivity contribution in [3.8, 4) is 0 Å². The summed E-state index contributed by atoms with van der Waals surface area (Å²) in [5.41, 5.74) is 1.000. The van der Waals surface area contributed by atoms with Crippen molar-refractivity contribution < 1.29 is 14.3 Å². The number of carbonyl (C=O) groups excluding carboxylic acids is 1. The van der Waals surface area contributed by atoms with Gasteiger partial charge in [-0.05, 0) is 6.07 Å². The van der Waals surface area contributed by atoms with Crippen LogP contribution >= 0.6 is 0 Å². The molecule has 0 unspecified atom stereocenters. The molecule has 0 bridgehead atoms. The highest BCUT2D eigenvalue weighted by atomic mass is 16.5. The summed E-state index contributed by atoms with van der Waals surface area (Å²) >= 11 is 0. The van der Waals surface area contributed by atoms with Gasteiger partial charge in [0.25, 0.3) is 0 Å². The molecule has 0 radical (unpaired) electrons. The molecular formula is C13H20N4O3. The highest BCUT2D eigenvalue weighted by Crippen LogP contribution is 2.22. The van der Waals surface area contributed by atoms with E-state index in [4.69, 9.17) is 9.47 Å². The first kappa shape index (κ1) is 13.5. The summed E-state index contributed by atoms with van der Waals surface area (Å²) in [6.45, 7) is 5.11. The molecule has 1 aromatic rings. The Kier molecular flexibility index (Phi) is 4.29. The molecule has 2 saturated heterocycles. The third-order valence-electron chi connectivity index (χ3n) is 3.82. The highest BCUT2D eigenvalue weighted by molar-refractivity contribution is 5.78. The van der Waals surface area contributed by atoms with E-state index in [1.54, 1.807) is 6.20 Å². The van der Waals surface area contributed by atoms with E-state index in [-0.39, 0.29) is 11.9 Å². The SMILES string of the molecule is O=C(CN1CCOC[C@H]1c1ccn[nH]1)N1CCOCC1. The molecule has 0 aliphatic carbocycles. The van der Waals surface area contributed by atoms with Crippen LogP contribution in [0.3, 0.4) is 0 Å². The average molecular weight is 280 g/mol. The van der Waals surface area contributed by atoms with Gasteiger partial charge in [0.15, 0.2) is 0 Å². The fraction of sp³-hybridized carbons (Fsp3) is 0.692. The van der Waals surface area contributed by atoms with Crippen LogP contribution in [0.5, 0.6) is 0 Å². The molecule has 2 aliphatic rings. The largest absolute Gasteiger partial charge is 0.378 e. The number of amides is 1. The Bertz CT molecular complexity index is 431. The van der Waals surface area contributed by atoms with E-state index in [0.29, 0.717) is 46.1 Å². The summed E-state index contributed by atoms with van der Waals surface area (Å²) in [7, 11) is 0. The molecule has 7 nitrogen and oxygen atoms in total. The van der Waals surface area contributed by atoms with E-state index in [0.717, 1.165) is 12.2 Å². The molecule has 0 aromatic carbocycles. The van der Waals surface area contributed by atoms with E-state index < -0.39 is 0 Å². The summed E-state index contributed by atoms with van der Waals surface area (Å²) in [5, 5.41) is 6.95. The number of nitrogens with zero attached hydrogens (tertiary/aromatic N) is 3. The summed E-state index contributed by atoms with van der Waals surface area (Å²) < 4.78 is 10.8. The van der Waals surface area contributed by atoms with Crippen molar-refractivity contribution in [1.82, 2.24) is 20.0 Å². The molecule has 7 heteroatoms. The molecule has 3 rings (SSSR count). The van der Waals surface area contributed by atoms with Gasteiger partial charge in [0.1, 0.15) is 0 Å². The summed E-state index contributed by atoms with van der Waals surface area (Å²) in [6, 6.07) is 2.02. The second-order valence-corrected chi connectivity index (χ2v) is 5.07. The van der Waals surface area contributed by atoms with E-state index in [1.807, 2.05) is 11.0 Å². The summed E-state index contributed by atoms with van der Waals surface area (Å²) in [6.07, 6.45) is 1.73. The van der Waals surface area contributed by atoms with Crippen molar-refractivity contribution in [2.45, 2.75) is 6.04 Å². The zero-order valence-corrected chi connectivity index (χ0v) is 11.5. The Morgan fingerprint density at radius 2 is 2.10 bits per heavy atom. The first-order valence-electron chi connectivity index (χ1n) is 7.01. The molecule has 1 amide bonds. The van der Waals surface area contributed by atoms with Gasteiger partial charge in [-0.25, -0.2) is 0 Å². The van der Waals surface area contributed by atoms with Crippen molar-refractivity contribution in [2.24, 2.45) is 0 Å². The Labute approximate surface area is 117 Å². The van der Waals surface area contributed by atoms with Crippen molar-refractivity contribution in [3.05, 3.63) is 18.0 Å². The second-order valence-electron chi connectivity index (χ2n) is 5.07. The van der Waals surface area contributed by atoms with Gasteiger partial charge >= 0.3 is 0 Å². The van der Waals surface area contributed by atoms with Gasteiger partial charge in [-0.15, -0.1) is 0 Å². The van der Waals surface area contributed by atoms with Gasteiger partial charge in [0.2, 0.25) is 5.91 Å². The van der Waals surface area contributed by atoms with E-state index >= 15 is 0 Å². The Hall–Kier alpha value is -1.44. The zero-order chi connectivity index (χ0) is 13.8. The van der Waals surface area contributed by atoms with Crippen LogP contribution in [0.4, 0.5) is 0 Å². The van der Waals surface area contributed by atoms with Crippen LogP contribution < -0.4 is 0 Å². The van der Waals surface area contributed by atoms with Gasteiger partial charge in [-0.3, -0.25) is 14.8 Å². The molecule has 0 saturated carbocycles. The molecule has 2 aliphatic heterocycles. The second kappa shape index (κ2) is 6.34. The predicted molar refractivity (Wildman–Crippen MR) is 71.1 cm³/mol. The van der Waals surface area contributed by atoms with Gasteiger partial charge in [0.05, 0.1) is 44.7 Å². The summed E-state index contributed by atoms with van der Waals surface area (Å²) in [4.78, 5) is 16.4. The van der Waals surface area contributed by atoms with E-state index in [9.17, 15) is 4.79 Å². The van der Waals surface area contributed by atoms with Crippen molar-refractivity contribution in [1.29, 1.82) is 0 Å². The lowest BCUT2D eigenvalue weighted by atomic mass is 10.1. The molecule has 1 atom stereocenters. The number of aromatic nitrogens is 2. The van der Waals surface area contributed by atoms with Gasteiger partial charge in [0, 0.05) is 25.8 Å². The number of morpholine rings is 2. The predicted octanol–water partition coefficient (Wildman–Crippen LogP) is -0.358. The van der Waals surface area contributed by atoms with Gasteiger partial charge < -0.3 is 14.4 Å².